The first-order chi connectivity index (χ1) is 12.4. The molecule has 0 aliphatic heterocycles. The SMILES string of the molecule is C[C@H](CO)Nc1nc(Nc2ccc(C(F)(F)F)cc2Br)cc(C(F)(F)F)n1. The zero-order valence-corrected chi connectivity index (χ0v) is 15.2. The molecule has 0 amide bonds. The highest BCUT2D eigenvalue weighted by atomic mass is 79.9. The number of hydrogen-bond donors (Lipinski definition) is 3. The minimum atomic E-state index is -4.77. The number of aliphatic hydroxyl groups is 1. The van der Waals surface area contributed by atoms with Crippen LogP contribution < -0.4 is 10.6 Å². The van der Waals surface area contributed by atoms with Gasteiger partial charge in [-0.15, -0.1) is 0 Å². The van der Waals surface area contributed by atoms with Crippen molar-refractivity contribution >= 4 is 33.4 Å². The summed E-state index contributed by atoms with van der Waals surface area (Å²) in [5, 5.41) is 14.0. The molecule has 0 aliphatic rings. The van der Waals surface area contributed by atoms with Crippen molar-refractivity contribution in [2.45, 2.75) is 25.3 Å². The molecular weight excluding hydrogens is 446 g/mol. The van der Waals surface area contributed by atoms with Gasteiger partial charge in [-0.1, -0.05) is 0 Å². The molecule has 0 fully saturated rings. The van der Waals surface area contributed by atoms with Crippen molar-refractivity contribution in [3.05, 3.63) is 40.0 Å². The Morgan fingerprint density at radius 1 is 1.07 bits per heavy atom. The van der Waals surface area contributed by atoms with Gasteiger partial charge in [0.15, 0.2) is 5.69 Å². The van der Waals surface area contributed by atoms with E-state index in [-0.39, 0.29) is 22.6 Å². The van der Waals surface area contributed by atoms with E-state index in [2.05, 4.69) is 36.5 Å². The topological polar surface area (TPSA) is 70.1 Å². The van der Waals surface area contributed by atoms with Crippen LogP contribution in [0.4, 0.5) is 43.8 Å². The van der Waals surface area contributed by atoms with E-state index >= 15 is 0 Å². The molecule has 12 heteroatoms. The first-order valence-electron chi connectivity index (χ1n) is 7.37. The average Bonchev–Trinajstić information content (AvgIpc) is 2.54. The monoisotopic (exact) mass is 458 g/mol. The fourth-order valence-corrected chi connectivity index (χ4v) is 2.40. The Labute approximate surface area is 158 Å². The van der Waals surface area contributed by atoms with Crippen LogP contribution in [0.25, 0.3) is 0 Å². The zero-order chi connectivity index (χ0) is 20.4. The van der Waals surface area contributed by atoms with Gasteiger partial charge >= 0.3 is 12.4 Å². The lowest BCUT2D eigenvalue weighted by Crippen LogP contribution is -2.22. The molecule has 0 spiro atoms. The number of benzene rings is 1. The highest BCUT2D eigenvalue weighted by molar-refractivity contribution is 9.10. The standard InChI is InChI=1S/C15H13BrF6N4O/c1-7(6-27)23-13-25-11(15(20,21)22)5-12(26-13)24-10-3-2-8(4-9(10)16)14(17,18)19/h2-5,7,27H,6H2,1H3,(H2,23,24,25,26)/t7-/m1/s1. The molecule has 0 radical (unpaired) electrons. The number of aliphatic hydroxyl groups excluding tert-OH is 1. The summed E-state index contributed by atoms with van der Waals surface area (Å²) in [4.78, 5) is 7.20. The molecule has 0 saturated heterocycles. The predicted molar refractivity (Wildman–Crippen MR) is 89.6 cm³/mol. The van der Waals surface area contributed by atoms with Crippen LogP contribution in [-0.2, 0) is 12.4 Å². The van der Waals surface area contributed by atoms with E-state index in [0.29, 0.717) is 6.07 Å². The van der Waals surface area contributed by atoms with Gasteiger partial charge in [0.25, 0.3) is 0 Å². The maximum atomic E-state index is 13.0. The van der Waals surface area contributed by atoms with E-state index in [1.165, 1.54) is 6.92 Å². The molecule has 2 rings (SSSR count). The molecule has 0 aliphatic carbocycles. The van der Waals surface area contributed by atoms with Crippen molar-refractivity contribution in [1.82, 2.24) is 9.97 Å². The number of halogens is 7. The third-order valence-corrected chi connectivity index (χ3v) is 3.88. The van der Waals surface area contributed by atoms with E-state index in [9.17, 15) is 26.3 Å². The largest absolute Gasteiger partial charge is 0.433 e. The smallest absolute Gasteiger partial charge is 0.394 e. The van der Waals surface area contributed by atoms with Crippen LogP contribution in [0.2, 0.25) is 0 Å². The first-order valence-corrected chi connectivity index (χ1v) is 8.17. The molecule has 5 nitrogen and oxygen atoms in total. The van der Waals surface area contributed by atoms with Crippen LogP contribution in [0.5, 0.6) is 0 Å². The lowest BCUT2D eigenvalue weighted by Gasteiger charge is -2.16. The van der Waals surface area contributed by atoms with Crippen LogP contribution in [0, 0.1) is 0 Å². The molecule has 0 bridgehead atoms. The van der Waals surface area contributed by atoms with Crippen LogP contribution in [-0.4, -0.2) is 27.7 Å². The Bertz CT molecular complexity index is 812. The predicted octanol–water partition coefficient (Wildman–Crippen LogP) is 4.81. The van der Waals surface area contributed by atoms with Crippen LogP contribution in [0.3, 0.4) is 0 Å². The molecule has 3 N–H and O–H groups in total. The fraction of sp³-hybridized carbons (Fsp3) is 0.333. The summed E-state index contributed by atoms with van der Waals surface area (Å²) >= 11 is 2.95. The van der Waals surface area contributed by atoms with Crippen LogP contribution in [0.15, 0.2) is 28.7 Å². The van der Waals surface area contributed by atoms with Gasteiger partial charge in [0, 0.05) is 16.6 Å². The molecule has 1 atom stereocenters. The van der Waals surface area contributed by atoms with Crippen molar-refractivity contribution in [2.75, 3.05) is 17.2 Å². The molecule has 1 heterocycles. The summed E-state index contributed by atoms with van der Waals surface area (Å²) in [5.74, 6) is -0.678. The number of anilines is 3. The Kier molecular flexibility index (Phi) is 6.20. The summed E-state index contributed by atoms with van der Waals surface area (Å²) in [5.41, 5.74) is -2.09. The summed E-state index contributed by atoms with van der Waals surface area (Å²) in [7, 11) is 0. The second-order valence-corrected chi connectivity index (χ2v) is 6.36. The third kappa shape index (κ3) is 5.70. The lowest BCUT2D eigenvalue weighted by molar-refractivity contribution is -0.141. The van der Waals surface area contributed by atoms with Crippen LogP contribution >= 0.6 is 15.9 Å². The first kappa shape index (κ1) is 21.2. The number of hydrogen-bond acceptors (Lipinski definition) is 5. The van der Waals surface area contributed by atoms with Crippen molar-refractivity contribution in [3.63, 3.8) is 0 Å². The molecule has 148 valence electrons. The van der Waals surface area contributed by atoms with Gasteiger partial charge in [0.2, 0.25) is 5.95 Å². The number of aromatic nitrogens is 2. The van der Waals surface area contributed by atoms with Gasteiger partial charge < -0.3 is 15.7 Å². The number of nitrogens with zero attached hydrogens (tertiary/aromatic N) is 2. The van der Waals surface area contributed by atoms with E-state index in [1.54, 1.807) is 0 Å². The number of nitrogens with one attached hydrogen (secondary N) is 2. The van der Waals surface area contributed by atoms with Gasteiger partial charge in [-0.25, -0.2) is 4.98 Å². The molecular formula is C15H13BrF6N4O. The third-order valence-electron chi connectivity index (χ3n) is 3.23. The van der Waals surface area contributed by atoms with Gasteiger partial charge in [0.05, 0.1) is 17.9 Å². The molecule has 1 aromatic heterocycles. The van der Waals surface area contributed by atoms with E-state index in [0.717, 1.165) is 18.2 Å². The van der Waals surface area contributed by atoms with Crippen molar-refractivity contribution in [3.8, 4) is 0 Å². The maximum absolute atomic E-state index is 13.0. The van der Waals surface area contributed by atoms with Crippen molar-refractivity contribution in [1.29, 1.82) is 0 Å². The zero-order valence-electron chi connectivity index (χ0n) is 13.6. The van der Waals surface area contributed by atoms with E-state index in [4.69, 9.17) is 5.11 Å². The molecule has 0 saturated carbocycles. The average molecular weight is 459 g/mol. The highest BCUT2D eigenvalue weighted by Crippen LogP contribution is 2.35. The summed E-state index contributed by atoms with van der Waals surface area (Å²) in [6, 6.07) is 2.65. The van der Waals surface area contributed by atoms with Crippen LogP contribution in [0.1, 0.15) is 18.2 Å². The van der Waals surface area contributed by atoms with Gasteiger partial charge in [-0.3, -0.25) is 0 Å². The Morgan fingerprint density at radius 3 is 2.26 bits per heavy atom. The Balaban J connectivity index is 2.38. The number of alkyl halides is 6. The normalized spacial score (nSPS) is 13.4. The molecule has 27 heavy (non-hydrogen) atoms. The fourth-order valence-electron chi connectivity index (χ4n) is 1.92. The Morgan fingerprint density at radius 2 is 1.74 bits per heavy atom. The van der Waals surface area contributed by atoms with Gasteiger partial charge in [-0.05, 0) is 41.1 Å². The maximum Gasteiger partial charge on any atom is 0.433 e. The van der Waals surface area contributed by atoms with Crippen molar-refractivity contribution < 1.29 is 31.4 Å². The van der Waals surface area contributed by atoms with E-state index in [1.807, 2.05) is 0 Å². The minimum Gasteiger partial charge on any atom is -0.394 e. The summed E-state index contributed by atoms with van der Waals surface area (Å²) in [6.07, 6.45) is -9.33. The second kappa shape index (κ2) is 7.89. The van der Waals surface area contributed by atoms with Crippen molar-refractivity contribution in [2.24, 2.45) is 0 Å². The molecule has 0 unspecified atom stereocenters. The quantitative estimate of drug-likeness (QED) is 0.560. The second-order valence-electron chi connectivity index (χ2n) is 5.51. The highest BCUT2D eigenvalue weighted by Gasteiger charge is 2.34. The number of rotatable bonds is 5. The molecule has 2 aromatic rings. The minimum absolute atomic E-state index is 0.0114. The van der Waals surface area contributed by atoms with E-state index < -0.39 is 35.6 Å². The van der Waals surface area contributed by atoms with Gasteiger partial charge in [-0.2, -0.15) is 31.3 Å². The lowest BCUT2D eigenvalue weighted by atomic mass is 10.2. The Hall–Kier alpha value is -2.08. The summed E-state index contributed by atoms with van der Waals surface area (Å²) in [6.45, 7) is 1.13. The summed E-state index contributed by atoms with van der Waals surface area (Å²) < 4.78 is 77.2. The molecule has 1 aromatic carbocycles. The van der Waals surface area contributed by atoms with Gasteiger partial charge in [0.1, 0.15) is 5.82 Å².